The molecule has 4 nitrogen and oxygen atoms in total. The van der Waals surface area contributed by atoms with E-state index in [2.05, 4.69) is 28.9 Å². The van der Waals surface area contributed by atoms with Gasteiger partial charge in [-0.3, -0.25) is 4.79 Å². The molecule has 2 aromatic rings. The van der Waals surface area contributed by atoms with E-state index in [0.717, 1.165) is 35.5 Å². The largest absolute Gasteiger partial charge is 0.363 e. The Balaban J connectivity index is 1.76. The van der Waals surface area contributed by atoms with Crippen molar-refractivity contribution in [1.82, 2.24) is 9.80 Å². The zero-order valence-electron chi connectivity index (χ0n) is 16.8. The van der Waals surface area contributed by atoms with E-state index in [1.54, 1.807) is 4.90 Å². The second kappa shape index (κ2) is 8.38. The Labute approximate surface area is 162 Å². The fourth-order valence-electron chi connectivity index (χ4n) is 3.49. The molecule has 0 radical (unpaired) electrons. The predicted molar refractivity (Wildman–Crippen MR) is 112 cm³/mol. The minimum absolute atomic E-state index is 0.0499. The molecule has 1 amide bonds. The number of carbonyl (C=O) groups excluding carboxylic acids is 1. The number of benzene rings is 2. The Morgan fingerprint density at radius 2 is 1.78 bits per heavy atom. The zero-order valence-corrected chi connectivity index (χ0v) is 16.8. The molecule has 0 spiro atoms. The van der Waals surface area contributed by atoms with Crippen LogP contribution < -0.4 is 0 Å². The van der Waals surface area contributed by atoms with Crippen LogP contribution >= 0.6 is 0 Å². The molecule has 1 aliphatic rings. The lowest BCUT2D eigenvalue weighted by molar-refractivity contribution is 0.0784. The van der Waals surface area contributed by atoms with E-state index >= 15 is 0 Å². The van der Waals surface area contributed by atoms with Crippen molar-refractivity contribution in [3.05, 3.63) is 64.2 Å². The van der Waals surface area contributed by atoms with Gasteiger partial charge in [-0.1, -0.05) is 24.3 Å². The van der Waals surface area contributed by atoms with Gasteiger partial charge in [-0.25, -0.2) is 4.99 Å². The Hall–Kier alpha value is -2.62. The molecule has 4 heteroatoms. The molecule has 1 aliphatic heterocycles. The summed E-state index contributed by atoms with van der Waals surface area (Å²) < 4.78 is 0. The van der Waals surface area contributed by atoms with E-state index < -0.39 is 0 Å². The summed E-state index contributed by atoms with van der Waals surface area (Å²) in [6.07, 6.45) is 4.43. The molecule has 2 aromatic carbocycles. The maximum Gasteiger partial charge on any atom is 0.254 e. The summed E-state index contributed by atoms with van der Waals surface area (Å²) in [5.41, 5.74) is 6.08. The van der Waals surface area contributed by atoms with Crippen LogP contribution in [0.4, 0.5) is 5.69 Å². The summed E-state index contributed by atoms with van der Waals surface area (Å²) >= 11 is 0. The zero-order chi connectivity index (χ0) is 19.4. The molecule has 1 fully saturated rings. The summed E-state index contributed by atoms with van der Waals surface area (Å²) in [5, 5.41) is 0. The third-order valence-electron chi connectivity index (χ3n) is 5.29. The summed E-state index contributed by atoms with van der Waals surface area (Å²) in [6, 6.07) is 12.2. The molecule has 0 atom stereocenters. The molecule has 1 saturated heterocycles. The number of aryl methyl sites for hydroxylation is 3. The standard InChI is InChI=1S/C23H29N3O/c1-17-9-5-6-10-20(17)15-25(4)23(27)21-13-19(3)22(14-18(21)2)24-16-26-11-7-8-12-26/h5-6,9-10,13-14,16H,7-8,11-12,15H2,1-4H3. The highest BCUT2D eigenvalue weighted by Crippen LogP contribution is 2.25. The van der Waals surface area contributed by atoms with E-state index in [1.807, 2.05) is 51.5 Å². The average Bonchev–Trinajstić information content (AvgIpc) is 3.17. The third kappa shape index (κ3) is 4.57. The van der Waals surface area contributed by atoms with Crippen LogP contribution in [0.25, 0.3) is 0 Å². The van der Waals surface area contributed by atoms with Crippen molar-refractivity contribution < 1.29 is 4.79 Å². The molecule has 0 saturated carbocycles. The van der Waals surface area contributed by atoms with E-state index in [0.29, 0.717) is 6.54 Å². The number of hydrogen-bond donors (Lipinski definition) is 0. The second-order valence-corrected chi connectivity index (χ2v) is 7.53. The van der Waals surface area contributed by atoms with Crippen molar-refractivity contribution in [2.75, 3.05) is 20.1 Å². The highest BCUT2D eigenvalue weighted by molar-refractivity contribution is 5.96. The average molecular weight is 364 g/mol. The molecule has 0 aliphatic carbocycles. The number of amides is 1. The van der Waals surface area contributed by atoms with Gasteiger partial charge in [-0.15, -0.1) is 0 Å². The maximum absolute atomic E-state index is 13.0. The Kier molecular flexibility index (Phi) is 5.94. The number of aliphatic imine (C=N–C) groups is 1. The van der Waals surface area contributed by atoms with E-state index in [4.69, 9.17) is 0 Å². The van der Waals surface area contributed by atoms with Crippen LogP contribution in [0, 0.1) is 20.8 Å². The van der Waals surface area contributed by atoms with Crippen molar-refractivity contribution in [3.63, 3.8) is 0 Å². The van der Waals surface area contributed by atoms with Crippen molar-refractivity contribution in [2.45, 2.75) is 40.2 Å². The number of nitrogens with zero attached hydrogens (tertiary/aromatic N) is 3. The van der Waals surface area contributed by atoms with Gasteiger partial charge in [0.1, 0.15) is 0 Å². The number of likely N-dealkylation sites (tertiary alicyclic amines) is 1. The van der Waals surface area contributed by atoms with Gasteiger partial charge in [0.05, 0.1) is 12.0 Å². The van der Waals surface area contributed by atoms with E-state index in [9.17, 15) is 4.79 Å². The van der Waals surface area contributed by atoms with Gasteiger partial charge < -0.3 is 9.80 Å². The van der Waals surface area contributed by atoms with Crippen molar-refractivity contribution in [2.24, 2.45) is 4.99 Å². The maximum atomic E-state index is 13.0. The predicted octanol–water partition coefficient (Wildman–Crippen LogP) is 4.64. The molecule has 142 valence electrons. The van der Waals surface area contributed by atoms with Gasteiger partial charge in [0.25, 0.3) is 5.91 Å². The molecule has 0 unspecified atom stereocenters. The number of hydrogen-bond acceptors (Lipinski definition) is 2. The van der Waals surface area contributed by atoms with Crippen LogP contribution in [0.3, 0.4) is 0 Å². The Bertz CT molecular complexity index is 851. The van der Waals surface area contributed by atoms with Gasteiger partial charge in [-0.2, -0.15) is 0 Å². The first-order valence-electron chi connectivity index (χ1n) is 9.65. The minimum Gasteiger partial charge on any atom is -0.363 e. The quantitative estimate of drug-likeness (QED) is 0.573. The first-order chi connectivity index (χ1) is 13.0. The number of carbonyl (C=O) groups is 1. The molecule has 0 aromatic heterocycles. The van der Waals surface area contributed by atoms with Crippen molar-refractivity contribution >= 4 is 17.9 Å². The monoisotopic (exact) mass is 363 g/mol. The highest BCUT2D eigenvalue weighted by Gasteiger charge is 2.17. The van der Waals surface area contributed by atoms with E-state index in [1.165, 1.54) is 24.0 Å². The summed E-state index contributed by atoms with van der Waals surface area (Å²) in [5.74, 6) is 0.0499. The lowest BCUT2D eigenvalue weighted by atomic mass is 10.0. The first-order valence-corrected chi connectivity index (χ1v) is 9.65. The van der Waals surface area contributed by atoms with Gasteiger partial charge in [0.2, 0.25) is 0 Å². The molecular weight excluding hydrogens is 334 g/mol. The van der Waals surface area contributed by atoms with Crippen molar-refractivity contribution in [3.8, 4) is 0 Å². The summed E-state index contributed by atoms with van der Waals surface area (Å²) in [6.45, 7) is 8.87. The van der Waals surface area contributed by atoms with Crippen LogP contribution in [0.1, 0.15) is 45.5 Å². The molecule has 0 bridgehead atoms. The van der Waals surface area contributed by atoms with Crippen LogP contribution in [-0.4, -0.2) is 42.2 Å². The lowest BCUT2D eigenvalue weighted by Crippen LogP contribution is -2.27. The van der Waals surface area contributed by atoms with Crippen LogP contribution in [0.2, 0.25) is 0 Å². The fraction of sp³-hybridized carbons (Fsp3) is 0.391. The minimum atomic E-state index is 0.0499. The smallest absolute Gasteiger partial charge is 0.254 e. The molecule has 27 heavy (non-hydrogen) atoms. The lowest BCUT2D eigenvalue weighted by Gasteiger charge is -2.20. The van der Waals surface area contributed by atoms with E-state index in [-0.39, 0.29) is 5.91 Å². The van der Waals surface area contributed by atoms with Gasteiger partial charge >= 0.3 is 0 Å². The van der Waals surface area contributed by atoms with Gasteiger partial charge in [0, 0.05) is 32.2 Å². The molecular formula is C23H29N3O. The topological polar surface area (TPSA) is 35.9 Å². The highest BCUT2D eigenvalue weighted by atomic mass is 16.2. The number of rotatable bonds is 5. The van der Waals surface area contributed by atoms with Crippen LogP contribution in [0.5, 0.6) is 0 Å². The van der Waals surface area contributed by atoms with Gasteiger partial charge in [-0.05, 0) is 68.0 Å². The molecule has 1 heterocycles. The third-order valence-corrected chi connectivity index (χ3v) is 5.29. The molecule has 3 rings (SSSR count). The Morgan fingerprint density at radius 1 is 1.07 bits per heavy atom. The van der Waals surface area contributed by atoms with Gasteiger partial charge in [0.15, 0.2) is 0 Å². The van der Waals surface area contributed by atoms with Crippen LogP contribution in [-0.2, 0) is 6.54 Å². The van der Waals surface area contributed by atoms with Crippen LogP contribution in [0.15, 0.2) is 41.4 Å². The van der Waals surface area contributed by atoms with Crippen molar-refractivity contribution in [1.29, 1.82) is 0 Å². The summed E-state index contributed by atoms with van der Waals surface area (Å²) in [7, 11) is 1.86. The Morgan fingerprint density at radius 3 is 2.48 bits per heavy atom. The SMILES string of the molecule is Cc1ccccc1CN(C)C(=O)c1cc(C)c(N=CN2CCCC2)cc1C. The first kappa shape index (κ1) is 19.2. The summed E-state index contributed by atoms with van der Waals surface area (Å²) in [4.78, 5) is 21.7. The second-order valence-electron chi connectivity index (χ2n) is 7.53. The normalized spacial score (nSPS) is 14.1. The fourth-order valence-corrected chi connectivity index (χ4v) is 3.49. The molecule has 0 N–H and O–H groups in total.